The van der Waals surface area contributed by atoms with Gasteiger partial charge in [0.05, 0.1) is 5.56 Å². The van der Waals surface area contributed by atoms with Gasteiger partial charge in [-0.05, 0) is 23.4 Å². The molecule has 1 aromatic carbocycles. The Labute approximate surface area is 115 Å². The van der Waals surface area contributed by atoms with Crippen LogP contribution in [-0.2, 0) is 6.18 Å². The lowest BCUT2D eigenvalue weighted by molar-refractivity contribution is -0.137. The molecule has 0 saturated carbocycles. The molecule has 108 valence electrons. The van der Waals surface area contributed by atoms with E-state index in [1.165, 1.54) is 0 Å². The third kappa shape index (κ3) is 3.53. The zero-order valence-electron chi connectivity index (χ0n) is 10.1. The molecule has 6 nitrogen and oxygen atoms in total. The molecule has 0 spiro atoms. The number of anilines is 1. The number of allylic oxidation sites excluding steroid dienone is 1. The molecule has 21 heavy (non-hydrogen) atoms. The molecule has 0 atom stereocenters. The summed E-state index contributed by atoms with van der Waals surface area (Å²) in [6.07, 6.45) is -3.62. The van der Waals surface area contributed by atoms with Crippen LogP contribution >= 0.6 is 0 Å². The van der Waals surface area contributed by atoms with Crippen molar-refractivity contribution >= 4 is 11.3 Å². The minimum Gasteiger partial charge on any atom is -0.360 e. The van der Waals surface area contributed by atoms with Crippen LogP contribution in [0.3, 0.4) is 0 Å². The normalized spacial score (nSPS) is 12.0. The molecule has 0 aliphatic carbocycles. The SMILES string of the molecule is N#CC(=CNc1cc(F)cc(C(F)(F)F)c1)c1nn[nH]n1. The summed E-state index contributed by atoms with van der Waals surface area (Å²) < 4.78 is 50.8. The first kappa shape index (κ1) is 14.4. The van der Waals surface area contributed by atoms with Gasteiger partial charge in [-0.2, -0.15) is 23.6 Å². The first-order valence-corrected chi connectivity index (χ1v) is 5.38. The Morgan fingerprint density at radius 3 is 2.67 bits per heavy atom. The van der Waals surface area contributed by atoms with Crippen molar-refractivity contribution in [3.63, 3.8) is 0 Å². The van der Waals surface area contributed by atoms with Crippen molar-refractivity contribution in [2.75, 3.05) is 5.32 Å². The van der Waals surface area contributed by atoms with Crippen molar-refractivity contribution in [3.05, 3.63) is 41.6 Å². The van der Waals surface area contributed by atoms with Crippen molar-refractivity contribution in [2.24, 2.45) is 0 Å². The summed E-state index contributed by atoms with van der Waals surface area (Å²) in [4.78, 5) is 0. The summed E-state index contributed by atoms with van der Waals surface area (Å²) in [5, 5.41) is 23.7. The lowest BCUT2D eigenvalue weighted by atomic mass is 10.2. The summed E-state index contributed by atoms with van der Waals surface area (Å²) in [6.45, 7) is 0. The number of hydrogen-bond donors (Lipinski definition) is 2. The summed E-state index contributed by atoms with van der Waals surface area (Å²) in [7, 11) is 0. The Morgan fingerprint density at radius 2 is 2.10 bits per heavy atom. The molecular formula is C11H6F4N6. The molecule has 2 rings (SSSR count). The van der Waals surface area contributed by atoms with Crippen LogP contribution in [0, 0.1) is 17.1 Å². The summed E-state index contributed by atoms with van der Waals surface area (Å²) >= 11 is 0. The average Bonchev–Trinajstić information content (AvgIpc) is 2.92. The maximum atomic E-state index is 13.2. The van der Waals surface area contributed by atoms with Crippen LogP contribution in [0.1, 0.15) is 11.4 Å². The number of aromatic amines is 1. The van der Waals surface area contributed by atoms with Crippen molar-refractivity contribution in [3.8, 4) is 6.07 Å². The number of rotatable bonds is 3. The zero-order chi connectivity index (χ0) is 15.5. The highest BCUT2D eigenvalue weighted by Gasteiger charge is 2.31. The van der Waals surface area contributed by atoms with Gasteiger partial charge >= 0.3 is 6.18 Å². The van der Waals surface area contributed by atoms with Crippen LogP contribution < -0.4 is 5.32 Å². The molecule has 0 saturated heterocycles. The molecule has 2 N–H and O–H groups in total. The van der Waals surface area contributed by atoms with Gasteiger partial charge in [0.25, 0.3) is 0 Å². The molecule has 0 unspecified atom stereocenters. The van der Waals surface area contributed by atoms with E-state index >= 15 is 0 Å². The fourth-order valence-electron chi connectivity index (χ4n) is 1.41. The van der Waals surface area contributed by atoms with Crippen LogP contribution in [0.25, 0.3) is 5.57 Å². The molecular weight excluding hydrogens is 292 g/mol. The third-order valence-corrected chi connectivity index (χ3v) is 2.31. The molecule has 2 aromatic rings. The van der Waals surface area contributed by atoms with E-state index < -0.39 is 17.6 Å². The van der Waals surface area contributed by atoms with E-state index in [2.05, 4.69) is 25.9 Å². The number of nitriles is 1. The standard InChI is InChI=1S/C11H6F4N6/c12-8-1-7(11(13,14)15)2-9(3-8)17-5-6(4-16)10-18-20-21-19-10/h1-3,5,17H,(H,18,19,20,21). The van der Waals surface area contributed by atoms with Gasteiger partial charge in [0.15, 0.2) is 0 Å². The number of alkyl halides is 3. The molecule has 10 heteroatoms. The topological polar surface area (TPSA) is 90.3 Å². The smallest absolute Gasteiger partial charge is 0.360 e. The van der Waals surface area contributed by atoms with Gasteiger partial charge in [-0.3, -0.25) is 0 Å². The Hall–Kier alpha value is -2.96. The van der Waals surface area contributed by atoms with Gasteiger partial charge in [-0.15, -0.1) is 10.2 Å². The van der Waals surface area contributed by atoms with Crippen LogP contribution in [0.4, 0.5) is 23.2 Å². The molecule has 1 aromatic heterocycles. The number of nitrogens with one attached hydrogen (secondary N) is 2. The van der Waals surface area contributed by atoms with E-state index in [0.29, 0.717) is 12.1 Å². The Kier molecular flexibility index (Phi) is 3.84. The van der Waals surface area contributed by atoms with Crippen molar-refractivity contribution in [1.82, 2.24) is 20.6 Å². The van der Waals surface area contributed by atoms with E-state index in [1.54, 1.807) is 6.07 Å². The number of aromatic nitrogens is 4. The number of tetrazole rings is 1. The zero-order valence-corrected chi connectivity index (χ0v) is 10.1. The van der Waals surface area contributed by atoms with Crippen LogP contribution in [0.15, 0.2) is 24.4 Å². The molecule has 0 aliphatic rings. The monoisotopic (exact) mass is 298 g/mol. The highest BCUT2D eigenvalue weighted by molar-refractivity contribution is 5.74. The van der Waals surface area contributed by atoms with Gasteiger partial charge in [0, 0.05) is 11.9 Å². The Bertz CT molecular complexity index is 698. The van der Waals surface area contributed by atoms with E-state index in [4.69, 9.17) is 5.26 Å². The molecule has 0 fully saturated rings. The van der Waals surface area contributed by atoms with Crippen LogP contribution in [-0.4, -0.2) is 20.6 Å². The minimum atomic E-state index is -4.67. The second kappa shape index (κ2) is 5.58. The van der Waals surface area contributed by atoms with Crippen molar-refractivity contribution in [1.29, 1.82) is 5.26 Å². The van der Waals surface area contributed by atoms with E-state index in [-0.39, 0.29) is 17.1 Å². The molecule has 0 bridgehead atoms. The van der Waals surface area contributed by atoms with Gasteiger partial charge in [-0.25, -0.2) is 4.39 Å². The van der Waals surface area contributed by atoms with Gasteiger partial charge in [0.1, 0.15) is 17.5 Å². The Morgan fingerprint density at radius 1 is 1.33 bits per heavy atom. The summed E-state index contributed by atoms with van der Waals surface area (Å²) in [5.74, 6) is -1.10. The molecule has 0 radical (unpaired) electrons. The number of nitrogens with zero attached hydrogens (tertiary/aromatic N) is 4. The van der Waals surface area contributed by atoms with E-state index in [0.717, 1.165) is 12.3 Å². The molecule has 0 amide bonds. The van der Waals surface area contributed by atoms with E-state index in [1.807, 2.05) is 0 Å². The average molecular weight is 298 g/mol. The molecule has 0 aliphatic heterocycles. The fourth-order valence-corrected chi connectivity index (χ4v) is 1.41. The Balaban J connectivity index is 2.28. The summed E-state index contributed by atoms with van der Waals surface area (Å²) in [6, 6.07) is 3.68. The highest BCUT2D eigenvalue weighted by atomic mass is 19.4. The van der Waals surface area contributed by atoms with Gasteiger partial charge < -0.3 is 5.32 Å². The first-order valence-electron chi connectivity index (χ1n) is 5.38. The second-order valence-corrected chi connectivity index (χ2v) is 3.78. The predicted molar refractivity (Wildman–Crippen MR) is 62.8 cm³/mol. The number of halogens is 4. The second-order valence-electron chi connectivity index (χ2n) is 3.78. The van der Waals surface area contributed by atoms with Gasteiger partial charge in [-0.1, -0.05) is 0 Å². The largest absolute Gasteiger partial charge is 0.416 e. The lowest BCUT2D eigenvalue weighted by Crippen LogP contribution is -2.06. The van der Waals surface area contributed by atoms with Crippen LogP contribution in [0.2, 0.25) is 0 Å². The fraction of sp³-hybridized carbons (Fsp3) is 0.0909. The van der Waals surface area contributed by atoms with Crippen LogP contribution in [0.5, 0.6) is 0 Å². The molecule has 1 heterocycles. The van der Waals surface area contributed by atoms with Gasteiger partial charge in [0.2, 0.25) is 5.82 Å². The maximum absolute atomic E-state index is 13.2. The van der Waals surface area contributed by atoms with E-state index in [9.17, 15) is 17.6 Å². The van der Waals surface area contributed by atoms with Crippen molar-refractivity contribution in [2.45, 2.75) is 6.18 Å². The third-order valence-electron chi connectivity index (χ3n) is 2.31. The minimum absolute atomic E-state index is 0.0440. The number of benzene rings is 1. The summed E-state index contributed by atoms with van der Waals surface area (Å²) in [5.41, 5.74) is -1.39. The quantitative estimate of drug-likeness (QED) is 0.670. The first-order chi connectivity index (χ1) is 9.90. The number of H-pyrrole nitrogens is 1. The maximum Gasteiger partial charge on any atom is 0.416 e. The highest BCUT2D eigenvalue weighted by Crippen LogP contribution is 2.31. The predicted octanol–water partition coefficient (Wildman–Crippen LogP) is 2.33. The number of hydrogen-bond acceptors (Lipinski definition) is 5. The lowest BCUT2D eigenvalue weighted by Gasteiger charge is -2.09. The van der Waals surface area contributed by atoms with Crippen molar-refractivity contribution < 1.29 is 17.6 Å².